The fourth-order valence-corrected chi connectivity index (χ4v) is 3.47. The number of aryl methyl sites for hydroxylation is 1. The maximum absolute atomic E-state index is 12.1. The molecule has 0 aliphatic rings. The fraction of sp³-hybridized carbons (Fsp3) is 0.304. The van der Waals surface area contributed by atoms with Crippen molar-refractivity contribution in [3.8, 4) is 22.5 Å². The first-order chi connectivity index (χ1) is 15.2. The van der Waals surface area contributed by atoms with E-state index in [1.54, 1.807) is 0 Å². The molecule has 0 saturated heterocycles. The van der Waals surface area contributed by atoms with E-state index in [1.165, 1.54) is 0 Å². The second kappa shape index (κ2) is 9.42. The van der Waals surface area contributed by atoms with E-state index in [2.05, 4.69) is 68.0 Å². The van der Waals surface area contributed by atoms with E-state index in [1.807, 2.05) is 29.8 Å². The number of hydrogen-bond acceptors (Lipinski definition) is 6. The van der Waals surface area contributed by atoms with Crippen LogP contribution in [-0.2, 0) is 13.0 Å². The quantitative estimate of drug-likeness (QED) is 0.413. The summed E-state index contributed by atoms with van der Waals surface area (Å²) in [6.45, 7) is 4.56. The Morgan fingerprint density at radius 1 is 1.03 bits per heavy atom. The lowest BCUT2D eigenvalue weighted by Gasteiger charge is -2.09. The van der Waals surface area contributed by atoms with Crippen LogP contribution in [0.1, 0.15) is 55.1 Å². The highest BCUT2D eigenvalue weighted by molar-refractivity contribution is 5.92. The molecular weight excluding hydrogens is 390 g/mol. The standard InChI is InChI=1S/C23H25N7O/c1-3-5-10-21-24-23(20(31)4-2)27-30(21)15-16-11-13-17(14-12-16)18-8-6-7-9-19(18)22-25-28-29-26-22/h6-9,11-14H,3-5,10,15H2,1-2H3,(H,25,26,28,29). The summed E-state index contributed by atoms with van der Waals surface area (Å²) < 4.78 is 1.86. The van der Waals surface area contributed by atoms with E-state index in [4.69, 9.17) is 0 Å². The van der Waals surface area contributed by atoms with Crippen molar-refractivity contribution in [1.29, 1.82) is 0 Å². The molecule has 0 atom stereocenters. The molecule has 0 bridgehead atoms. The Morgan fingerprint density at radius 3 is 2.48 bits per heavy atom. The molecule has 1 N–H and O–H groups in total. The Labute approximate surface area is 180 Å². The Balaban J connectivity index is 1.59. The van der Waals surface area contributed by atoms with Crippen LogP contribution in [0.4, 0.5) is 0 Å². The van der Waals surface area contributed by atoms with E-state index in [0.717, 1.165) is 47.3 Å². The molecule has 0 amide bonds. The zero-order valence-electron chi connectivity index (χ0n) is 17.7. The molecule has 0 radical (unpaired) electrons. The number of carbonyl (C=O) groups is 1. The summed E-state index contributed by atoms with van der Waals surface area (Å²) in [7, 11) is 0. The van der Waals surface area contributed by atoms with Crippen LogP contribution in [0.3, 0.4) is 0 Å². The van der Waals surface area contributed by atoms with Crippen molar-refractivity contribution < 1.29 is 4.79 Å². The molecule has 31 heavy (non-hydrogen) atoms. The summed E-state index contributed by atoms with van der Waals surface area (Å²) >= 11 is 0. The Morgan fingerprint density at radius 2 is 1.81 bits per heavy atom. The van der Waals surface area contributed by atoms with Crippen molar-refractivity contribution in [3.05, 3.63) is 65.7 Å². The minimum absolute atomic E-state index is 0.0228. The van der Waals surface area contributed by atoms with Crippen molar-refractivity contribution in [2.45, 2.75) is 46.1 Å². The minimum Gasteiger partial charge on any atom is -0.291 e. The van der Waals surface area contributed by atoms with Crippen LogP contribution in [0.2, 0.25) is 0 Å². The van der Waals surface area contributed by atoms with Gasteiger partial charge in [0.15, 0.2) is 5.82 Å². The minimum atomic E-state index is -0.0228. The maximum Gasteiger partial charge on any atom is 0.217 e. The lowest BCUT2D eigenvalue weighted by atomic mass is 9.98. The number of ketones is 1. The highest BCUT2D eigenvalue weighted by Gasteiger charge is 2.15. The van der Waals surface area contributed by atoms with Gasteiger partial charge in [0.25, 0.3) is 0 Å². The number of tetrazole rings is 1. The van der Waals surface area contributed by atoms with Gasteiger partial charge in [-0.25, -0.2) is 14.8 Å². The van der Waals surface area contributed by atoms with Gasteiger partial charge in [0.2, 0.25) is 11.6 Å². The summed E-state index contributed by atoms with van der Waals surface area (Å²) in [6.07, 6.45) is 3.31. The van der Waals surface area contributed by atoms with E-state index in [9.17, 15) is 4.79 Å². The molecule has 2 aromatic carbocycles. The first-order valence-corrected chi connectivity index (χ1v) is 10.6. The van der Waals surface area contributed by atoms with Crippen molar-refractivity contribution in [2.75, 3.05) is 0 Å². The lowest BCUT2D eigenvalue weighted by Crippen LogP contribution is -2.07. The molecule has 0 aliphatic heterocycles. The molecule has 0 saturated carbocycles. The van der Waals surface area contributed by atoms with E-state index in [0.29, 0.717) is 24.6 Å². The molecule has 0 fully saturated rings. The SMILES string of the molecule is CCCCc1nc(C(=O)CC)nn1Cc1ccc(-c2ccccc2-c2nnn[nH]2)cc1. The Hall–Kier alpha value is -3.68. The smallest absolute Gasteiger partial charge is 0.217 e. The number of nitrogens with one attached hydrogen (secondary N) is 1. The van der Waals surface area contributed by atoms with Crippen LogP contribution in [0, 0.1) is 0 Å². The first kappa shape index (κ1) is 20.6. The Kier molecular flexibility index (Phi) is 6.26. The van der Waals surface area contributed by atoms with Gasteiger partial charge in [-0.1, -0.05) is 68.8 Å². The Bertz CT molecular complexity index is 1150. The lowest BCUT2D eigenvalue weighted by molar-refractivity contribution is 0.0978. The number of carbonyl (C=O) groups excluding carboxylic acids is 1. The molecule has 158 valence electrons. The van der Waals surface area contributed by atoms with Crippen molar-refractivity contribution in [3.63, 3.8) is 0 Å². The van der Waals surface area contributed by atoms with Crippen LogP contribution < -0.4 is 0 Å². The molecular formula is C23H25N7O. The largest absolute Gasteiger partial charge is 0.291 e. The molecule has 8 heteroatoms. The summed E-state index contributed by atoms with van der Waals surface area (Å²) in [5, 5.41) is 18.7. The van der Waals surface area contributed by atoms with Crippen LogP contribution >= 0.6 is 0 Å². The van der Waals surface area contributed by atoms with Crippen molar-refractivity contribution in [2.24, 2.45) is 0 Å². The fourth-order valence-electron chi connectivity index (χ4n) is 3.47. The van der Waals surface area contributed by atoms with E-state index in [-0.39, 0.29) is 5.78 Å². The van der Waals surface area contributed by atoms with Gasteiger partial charge in [0.05, 0.1) is 6.54 Å². The third-order valence-corrected chi connectivity index (χ3v) is 5.20. The molecule has 0 spiro atoms. The maximum atomic E-state index is 12.1. The monoisotopic (exact) mass is 415 g/mol. The van der Waals surface area contributed by atoms with Gasteiger partial charge in [-0.2, -0.15) is 0 Å². The zero-order chi connectivity index (χ0) is 21.6. The molecule has 8 nitrogen and oxygen atoms in total. The summed E-state index contributed by atoms with van der Waals surface area (Å²) in [6, 6.07) is 16.3. The number of benzene rings is 2. The predicted octanol–water partition coefficient (Wildman–Crippen LogP) is 4.11. The number of nitrogens with zero attached hydrogens (tertiary/aromatic N) is 6. The third-order valence-electron chi connectivity index (χ3n) is 5.20. The van der Waals surface area contributed by atoms with Gasteiger partial charge < -0.3 is 0 Å². The molecule has 0 aliphatic carbocycles. The second-order valence-electron chi connectivity index (χ2n) is 7.38. The van der Waals surface area contributed by atoms with Crippen molar-refractivity contribution in [1.82, 2.24) is 35.4 Å². The number of H-pyrrole nitrogens is 1. The summed E-state index contributed by atoms with van der Waals surface area (Å²) in [5.74, 6) is 1.80. The number of rotatable bonds is 9. The predicted molar refractivity (Wildman–Crippen MR) is 117 cm³/mol. The molecule has 4 aromatic rings. The number of aromatic nitrogens is 7. The molecule has 2 heterocycles. The average Bonchev–Trinajstić information content (AvgIpc) is 3.48. The van der Waals surface area contributed by atoms with Crippen LogP contribution in [-0.4, -0.2) is 41.2 Å². The highest BCUT2D eigenvalue weighted by Crippen LogP contribution is 2.29. The van der Waals surface area contributed by atoms with Crippen LogP contribution in [0.5, 0.6) is 0 Å². The summed E-state index contributed by atoms with van der Waals surface area (Å²) in [5.41, 5.74) is 4.16. The van der Waals surface area contributed by atoms with Gasteiger partial charge in [-0.15, -0.1) is 10.2 Å². The molecule has 0 unspecified atom stereocenters. The van der Waals surface area contributed by atoms with Crippen molar-refractivity contribution >= 4 is 5.78 Å². The third kappa shape index (κ3) is 4.58. The van der Waals surface area contributed by atoms with Gasteiger partial charge in [0, 0.05) is 18.4 Å². The van der Waals surface area contributed by atoms with Gasteiger partial charge in [-0.05, 0) is 33.5 Å². The second-order valence-corrected chi connectivity index (χ2v) is 7.38. The number of Topliss-reactive ketones (excluding diaryl/α,β-unsaturated/α-hetero) is 1. The summed E-state index contributed by atoms with van der Waals surface area (Å²) in [4.78, 5) is 16.6. The average molecular weight is 416 g/mol. The highest BCUT2D eigenvalue weighted by atomic mass is 16.1. The van der Waals surface area contributed by atoms with E-state index < -0.39 is 0 Å². The number of unbranched alkanes of at least 4 members (excludes halogenated alkanes) is 1. The van der Waals surface area contributed by atoms with Gasteiger partial charge in [0.1, 0.15) is 5.82 Å². The van der Waals surface area contributed by atoms with Crippen LogP contribution in [0.25, 0.3) is 22.5 Å². The first-order valence-electron chi connectivity index (χ1n) is 10.6. The van der Waals surface area contributed by atoms with Gasteiger partial charge in [-0.3, -0.25) is 4.79 Å². The topological polar surface area (TPSA) is 102 Å². The zero-order valence-corrected chi connectivity index (χ0v) is 17.7. The molecule has 4 rings (SSSR count). The van der Waals surface area contributed by atoms with Gasteiger partial charge >= 0.3 is 0 Å². The number of aromatic amines is 1. The van der Waals surface area contributed by atoms with E-state index >= 15 is 0 Å². The van der Waals surface area contributed by atoms with Crippen LogP contribution in [0.15, 0.2) is 48.5 Å². The number of hydrogen-bond donors (Lipinski definition) is 1. The molecule has 2 aromatic heterocycles. The normalized spacial score (nSPS) is 11.0.